The van der Waals surface area contributed by atoms with Gasteiger partial charge in [0.05, 0.1) is 10.5 Å². The number of hydrogen-bond donors (Lipinski definition) is 0. The van der Waals surface area contributed by atoms with E-state index in [2.05, 4.69) is 0 Å². The summed E-state index contributed by atoms with van der Waals surface area (Å²) in [4.78, 5) is 23.7. The minimum Gasteiger partial charge on any atom is -0.450 e. The first-order valence-corrected chi connectivity index (χ1v) is 10.2. The molecule has 0 amide bonds. The maximum atomic E-state index is 12.9. The second kappa shape index (κ2) is 6.28. The van der Waals surface area contributed by atoms with Crippen LogP contribution in [0.4, 0.5) is 0 Å². The average Bonchev–Trinajstić information content (AvgIpc) is 2.94. The van der Waals surface area contributed by atoms with Crippen molar-refractivity contribution in [2.45, 2.75) is 30.3 Å². The van der Waals surface area contributed by atoms with Crippen LogP contribution in [0.5, 0.6) is 0 Å². The molecule has 2 heterocycles. The van der Waals surface area contributed by atoms with Gasteiger partial charge in [-0.2, -0.15) is 4.31 Å². The first kappa shape index (κ1) is 17.9. The average molecular weight is 385 g/mol. The molecule has 1 spiro atoms. The van der Waals surface area contributed by atoms with E-state index in [1.54, 1.807) is 12.1 Å². The fourth-order valence-corrected chi connectivity index (χ4v) is 5.26. The monoisotopic (exact) mass is 385 g/mol. The highest BCUT2D eigenvalue weighted by atomic mass is 32.2. The van der Waals surface area contributed by atoms with Gasteiger partial charge in [0.15, 0.2) is 5.78 Å². The Balaban J connectivity index is 1.56. The van der Waals surface area contributed by atoms with E-state index in [9.17, 15) is 18.0 Å². The second-order valence-corrected chi connectivity index (χ2v) is 8.85. The third-order valence-electron chi connectivity index (χ3n) is 5.35. The number of ketones is 1. The molecule has 1 saturated heterocycles. The molecule has 7 heteroatoms. The van der Waals surface area contributed by atoms with Gasteiger partial charge in [-0.15, -0.1) is 0 Å². The lowest BCUT2D eigenvalue weighted by Gasteiger charge is -2.37. The number of Topliss-reactive ketones (excluding diaryl/α,β-unsaturated/α-hetero) is 1. The van der Waals surface area contributed by atoms with Crippen molar-refractivity contribution in [2.75, 3.05) is 13.1 Å². The number of nitrogens with zero attached hydrogens (tertiary/aromatic N) is 1. The second-order valence-electron chi connectivity index (χ2n) is 6.91. The maximum Gasteiger partial charge on any atom is 0.339 e. The summed E-state index contributed by atoms with van der Waals surface area (Å²) in [6.45, 7) is 1.96. The van der Waals surface area contributed by atoms with Gasteiger partial charge < -0.3 is 4.74 Å². The largest absolute Gasteiger partial charge is 0.450 e. The molecule has 140 valence electrons. The van der Waals surface area contributed by atoms with Crippen molar-refractivity contribution in [3.8, 4) is 0 Å². The predicted octanol–water partition coefficient (Wildman–Crippen LogP) is 2.74. The number of rotatable bonds is 3. The summed E-state index contributed by atoms with van der Waals surface area (Å²) < 4.78 is 32.9. The maximum absolute atomic E-state index is 12.9. The summed E-state index contributed by atoms with van der Waals surface area (Å²) in [7, 11) is -3.66. The smallest absolute Gasteiger partial charge is 0.339 e. The van der Waals surface area contributed by atoms with E-state index in [1.807, 2.05) is 12.1 Å². The fraction of sp³-hybridized carbons (Fsp3) is 0.300. The molecule has 2 aromatic rings. The topological polar surface area (TPSA) is 80.8 Å². The summed E-state index contributed by atoms with van der Waals surface area (Å²) in [5.41, 5.74) is 1.14. The number of fused-ring (bicyclic) bond motifs is 2. The predicted molar refractivity (Wildman–Crippen MR) is 98.0 cm³/mol. The molecule has 0 bridgehead atoms. The summed E-state index contributed by atoms with van der Waals surface area (Å²) >= 11 is 0. The fourth-order valence-electron chi connectivity index (χ4n) is 3.82. The van der Waals surface area contributed by atoms with Crippen LogP contribution in [-0.2, 0) is 20.4 Å². The van der Waals surface area contributed by atoms with Crippen molar-refractivity contribution >= 4 is 21.8 Å². The van der Waals surface area contributed by atoms with Crippen LogP contribution in [-0.4, -0.2) is 37.6 Å². The molecular weight excluding hydrogens is 366 g/mol. The van der Waals surface area contributed by atoms with Gasteiger partial charge in [0.2, 0.25) is 10.0 Å². The van der Waals surface area contributed by atoms with Crippen molar-refractivity contribution in [2.24, 2.45) is 0 Å². The molecule has 0 atom stereocenters. The van der Waals surface area contributed by atoms with Gasteiger partial charge in [-0.1, -0.05) is 30.3 Å². The van der Waals surface area contributed by atoms with Crippen molar-refractivity contribution in [3.05, 3.63) is 65.2 Å². The number of benzene rings is 2. The zero-order valence-electron chi connectivity index (χ0n) is 14.8. The number of piperidine rings is 1. The van der Waals surface area contributed by atoms with Gasteiger partial charge in [0, 0.05) is 37.1 Å². The van der Waals surface area contributed by atoms with E-state index in [-0.39, 0.29) is 29.7 Å². The molecule has 2 aliphatic rings. The molecular formula is C20H19NO5S. The van der Waals surface area contributed by atoms with Crippen molar-refractivity contribution in [1.29, 1.82) is 0 Å². The minimum absolute atomic E-state index is 0.111. The number of hydrogen-bond acceptors (Lipinski definition) is 5. The lowest BCUT2D eigenvalue weighted by Crippen LogP contribution is -2.45. The molecule has 6 nitrogen and oxygen atoms in total. The standard InChI is InChI=1S/C20H19NO5S/c1-14(22)15-6-8-16(9-7-15)27(24,25)21-12-10-20(11-13-21)18-5-3-2-4-17(18)19(23)26-20/h2-9H,10-13H2,1H3. The zero-order chi connectivity index (χ0) is 19.2. The number of esters is 1. The van der Waals surface area contributed by atoms with Crippen LogP contribution < -0.4 is 0 Å². The molecule has 4 rings (SSSR count). The van der Waals surface area contributed by atoms with Gasteiger partial charge in [0.25, 0.3) is 0 Å². The van der Waals surface area contributed by atoms with Gasteiger partial charge in [-0.05, 0) is 25.1 Å². The highest BCUT2D eigenvalue weighted by Gasteiger charge is 2.48. The van der Waals surface area contributed by atoms with Gasteiger partial charge in [-0.25, -0.2) is 13.2 Å². The normalized spacial score (nSPS) is 18.9. The SMILES string of the molecule is CC(=O)c1ccc(S(=O)(=O)N2CCC3(CC2)OC(=O)c2ccccc23)cc1. The number of ether oxygens (including phenoxy) is 1. The van der Waals surface area contributed by atoms with Gasteiger partial charge in [0.1, 0.15) is 5.60 Å². The lowest BCUT2D eigenvalue weighted by atomic mass is 9.84. The third kappa shape index (κ3) is 2.87. The molecule has 1 fully saturated rings. The van der Waals surface area contributed by atoms with E-state index in [0.29, 0.717) is 24.0 Å². The van der Waals surface area contributed by atoms with E-state index in [0.717, 1.165) is 5.56 Å². The molecule has 0 aromatic heterocycles. The Morgan fingerprint density at radius 1 is 1.04 bits per heavy atom. The molecule has 0 N–H and O–H groups in total. The van der Waals surface area contributed by atoms with Crippen molar-refractivity contribution < 1.29 is 22.7 Å². The van der Waals surface area contributed by atoms with Crippen LogP contribution in [0.3, 0.4) is 0 Å². The molecule has 2 aliphatic heterocycles. The highest BCUT2D eigenvalue weighted by molar-refractivity contribution is 7.89. The molecule has 2 aromatic carbocycles. The summed E-state index contributed by atoms with van der Waals surface area (Å²) in [5.74, 6) is -0.456. The highest BCUT2D eigenvalue weighted by Crippen LogP contribution is 2.44. The van der Waals surface area contributed by atoms with Crippen LogP contribution in [0.1, 0.15) is 46.0 Å². The van der Waals surface area contributed by atoms with Crippen molar-refractivity contribution in [3.63, 3.8) is 0 Å². The van der Waals surface area contributed by atoms with Crippen LogP contribution in [0.25, 0.3) is 0 Å². The van der Waals surface area contributed by atoms with E-state index in [1.165, 1.54) is 35.5 Å². The molecule has 27 heavy (non-hydrogen) atoms. The van der Waals surface area contributed by atoms with Crippen LogP contribution in [0.15, 0.2) is 53.4 Å². The Morgan fingerprint density at radius 2 is 1.67 bits per heavy atom. The van der Waals surface area contributed by atoms with Crippen LogP contribution >= 0.6 is 0 Å². The van der Waals surface area contributed by atoms with E-state index in [4.69, 9.17) is 4.74 Å². The Bertz CT molecular complexity index is 1020. The zero-order valence-corrected chi connectivity index (χ0v) is 15.7. The summed E-state index contributed by atoms with van der Waals surface area (Å²) in [6, 6.07) is 13.2. The Morgan fingerprint density at radius 3 is 2.30 bits per heavy atom. The summed E-state index contributed by atoms with van der Waals surface area (Å²) in [5, 5.41) is 0. The third-order valence-corrected chi connectivity index (χ3v) is 7.27. The first-order chi connectivity index (χ1) is 12.8. The van der Waals surface area contributed by atoms with Crippen LogP contribution in [0, 0.1) is 0 Å². The Hall–Kier alpha value is -2.51. The quantitative estimate of drug-likeness (QED) is 0.599. The molecule has 0 saturated carbocycles. The molecule has 0 radical (unpaired) electrons. The van der Waals surface area contributed by atoms with Crippen molar-refractivity contribution in [1.82, 2.24) is 4.31 Å². The van der Waals surface area contributed by atoms with E-state index >= 15 is 0 Å². The van der Waals surface area contributed by atoms with Crippen LogP contribution in [0.2, 0.25) is 0 Å². The Kier molecular flexibility index (Phi) is 4.16. The molecule has 0 unspecified atom stereocenters. The number of sulfonamides is 1. The Labute approximate surface area is 157 Å². The first-order valence-electron chi connectivity index (χ1n) is 8.77. The van der Waals surface area contributed by atoms with E-state index < -0.39 is 15.6 Å². The molecule has 0 aliphatic carbocycles. The lowest BCUT2D eigenvalue weighted by molar-refractivity contribution is -0.0329. The van der Waals surface area contributed by atoms with Gasteiger partial charge >= 0.3 is 5.97 Å². The van der Waals surface area contributed by atoms with Gasteiger partial charge in [-0.3, -0.25) is 4.79 Å². The summed E-state index contributed by atoms with van der Waals surface area (Å²) in [6.07, 6.45) is 0.834. The number of carbonyl (C=O) groups is 2. The minimum atomic E-state index is -3.66. The number of carbonyl (C=O) groups excluding carboxylic acids is 2.